The number of pyridine rings is 1. The molecule has 0 saturated heterocycles. The van der Waals surface area contributed by atoms with Crippen LogP contribution in [0.5, 0.6) is 11.5 Å². The van der Waals surface area contributed by atoms with Crippen LogP contribution in [0.25, 0.3) is 10.8 Å². The van der Waals surface area contributed by atoms with E-state index in [1.54, 1.807) is 20.4 Å². The van der Waals surface area contributed by atoms with E-state index in [9.17, 15) is 4.79 Å². The van der Waals surface area contributed by atoms with Crippen LogP contribution in [0, 0.1) is 0 Å². The Morgan fingerprint density at radius 1 is 1.19 bits per heavy atom. The van der Waals surface area contributed by atoms with E-state index >= 15 is 0 Å². The minimum atomic E-state index is -0.884. The van der Waals surface area contributed by atoms with Gasteiger partial charge in [-0.05, 0) is 29.0 Å². The molecule has 0 spiro atoms. The average molecular weight is 289 g/mol. The summed E-state index contributed by atoms with van der Waals surface area (Å²) < 4.78 is 10.6. The number of hydrogen-bond donors (Lipinski definition) is 1. The largest absolute Gasteiger partial charge is 0.493 e. The number of carboxylic acid groups (broad SMARTS) is 1. The Balaban J connectivity index is 2.78. The van der Waals surface area contributed by atoms with Gasteiger partial charge in [0.25, 0.3) is 0 Å². The number of carboxylic acids is 1. The van der Waals surface area contributed by atoms with Crippen molar-refractivity contribution in [1.82, 2.24) is 4.98 Å². The molecule has 0 aliphatic carbocycles. The van der Waals surface area contributed by atoms with Crippen molar-refractivity contribution in [2.75, 3.05) is 14.2 Å². The summed E-state index contributed by atoms with van der Waals surface area (Å²) in [6.07, 6.45) is 1.56. The third-order valence-corrected chi connectivity index (χ3v) is 3.39. The molecule has 0 saturated carbocycles. The monoisotopic (exact) mass is 289 g/mol. The first kappa shape index (κ1) is 15.1. The van der Waals surface area contributed by atoms with Crippen LogP contribution in [-0.2, 0) is 11.2 Å². The molecule has 1 N–H and O–H groups in total. The third kappa shape index (κ3) is 2.91. The van der Waals surface area contributed by atoms with Crippen LogP contribution in [0.4, 0.5) is 0 Å². The number of methoxy groups -OCH3 is 2. The molecule has 5 heteroatoms. The maximum absolute atomic E-state index is 11.0. The first-order valence-corrected chi connectivity index (χ1v) is 6.73. The Morgan fingerprint density at radius 2 is 1.76 bits per heavy atom. The van der Waals surface area contributed by atoms with Gasteiger partial charge in [0.15, 0.2) is 11.5 Å². The molecule has 5 nitrogen and oxygen atoms in total. The zero-order valence-electron chi connectivity index (χ0n) is 12.6. The van der Waals surface area contributed by atoms with Gasteiger partial charge in [-0.2, -0.15) is 0 Å². The summed E-state index contributed by atoms with van der Waals surface area (Å²) in [7, 11) is 3.14. The zero-order valence-corrected chi connectivity index (χ0v) is 12.6. The topological polar surface area (TPSA) is 68.7 Å². The SMILES string of the molecule is COc1cc2c(CC(=O)O)cnc(C(C)C)c2cc1OC. The molecule has 0 amide bonds. The number of aliphatic carboxylic acids is 1. The number of ether oxygens (including phenoxy) is 2. The van der Waals surface area contributed by atoms with Crippen molar-refractivity contribution >= 4 is 16.7 Å². The van der Waals surface area contributed by atoms with Crippen molar-refractivity contribution in [2.24, 2.45) is 0 Å². The van der Waals surface area contributed by atoms with Crippen molar-refractivity contribution in [3.8, 4) is 11.5 Å². The van der Waals surface area contributed by atoms with Crippen LogP contribution < -0.4 is 9.47 Å². The second-order valence-corrected chi connectivity index (χ2v) is 5.15. The van der Waals surface area contributed by atoms with Gasteiger partial charge in [0, 0.05) is 11.6 Å². The lowest BCUT2D eigenvalue weighted by Gasteiger charge is -2.15. The molecule has 0 fully saturated rings. The highest BCUT2D eigenvalue weighted by Gasteiger charge is 2.16. The summed E-state index contributed by atoms with van der Waals surface area (Å²) in [4.78, 5) is 15.5. The number of hydrogen-bond acceptors (Lipinski definition) is 4. The molecule has 1 heterocycles. The van der Waals surface area contributed by atoms with Gasteiger partial charge in [-0.1, -0.05) is 13.8 Å². The predicted molar refractivity (Wildman–Crippen MR) is 80.3 cm³/mol. The van der Waals surface area contributed by atoms with Crippen molar-refractivity contribution in [1.29, 1.82) is 0 Å². The number of rotatable bonds is 5. The molecule has 2 rings (SSSR count). The Morgan fingerprint density at radius 3 is 2.24 bits per heavy atom. The smallest absolute Gasteiger partial charge is 0.307 e. The third-order valence-electron chi connectivity index (χ3n) is 3.39. The van der Waals surface area contributed by atoms with Gasteiger partial charge in [0.05, 0.1) is 26.3 Å². The quantitative estimate of drug-likeness (QED) is 0.916. The summed E-state index contributed by atoms with van der Waals surface area (Å²) in [5.74, 6) is 0.536. The van der Waals surface area contributed by atoms with E-state index in [0.717, 1.165) is 16.5 Å². The molecule has 21 heavy (non-hydrogen) atoms. The Hall–Kier alpha value is -2.30. The van der Waals surface area contributed by atoms with E-state index in [-0.39, 0.29) is 12.3 Å². The van der Waals surface area contributed by atoms with Crippen LogP contribution in [-0.4, -0.2) is 30.3 Å². The number of aromatic nitrogens is 1. The van der Waals surface area contributed by atoms with Gasteiger partial charge in [-0.25, -0.2) is 0 Å². The van der Waals surface area contributed by atoms with Gasteiger partial charge in [0.2, 0.25) is 0 Å². The minimum absolute atomic E-state index is 0.0721. The Bertz CT molecular complexity index is 680. The van der Waals surface area contributed by atoms with Crippen LogP contribution in [0.15, 0.2) is 18.3 Å². The second-order valence-electron chi connectivity index (χ2n) is 5.15. The standard InChI is InChI=1S/C16H19NO4/c1-9(2)16-12-7-14(21-4)13(20-3)6-11(12)10(8-17-16)5-15(18)19/h6-9H,5H2,1-4H3,(H,18,19). The van der Waals surface area contributed by atoms with Crippen molar-refractivity contribution in [2.45, 2.75) is 26.2 Å². The molecule has 0 atom stereocenters. The molecule has 0 bridgehead atoms. The number of benzene rings is 1. The molecule has 1 aromatic carbocycles. The molecule has 2 aromatic rings. The molecule has 0 radical (unpaired) electrons. The molecule has 0 unspecified atom stereocenters. The normalized spacial score (nSPS) is 10.9. The van der Waals surface area contributed by atoms with Crippen LogP contribution in [0.2, 0.25) is 0 Å². The molecule has 0 aliphatic rings. The molecular formula is C16H19NO4. The first-order valence-electron chi connectivity index (χ1n) is 6.73. The predicted octanol–water partition coefficient (Wildman–Crippen LogP) is 3.00. The summed E-state index contributed by atoms with van der Waals surface area (Å²) in [5.41, 5.74) is 1.59. The zero-order chi connectivity index (χ0) is 15.6. The molecule has 112 valence electrons. The lowest BCUT2D eigenvalue weighted by molar-refractivity contribution is -0.136. The van der Waals surface area contributed by atoms with Gasteiger partial charge in [0.1, 0.15) is 0 Å². The van der Waals surface area contributed by atoms with E-state index in [1.165, 1.54) is 0 Å². The van der Waals surface area contributed by atoms with E-state index in [1.807, 2.05) is 12.1 Å². The summed E-state index contributed by atoms with van der Waals surface area (Å²) >= 11 is 0. The maximum atomic E-state index is 11.0. The van der Waals surface area contributed by atoms with Crippen LogP contribution >= 0.6 is 0 Å². The van der Waals surface area contributed by atoms with Crippen molar-refractivity contribution in [3.05, 3.63) is 29.6 Å². The number of carbonyl (C=O) groups is 1. The van der Waals surface area contributed by atoms with Crippen molar-refractivity contribution < 1.29 is 19.4 Å². The average Bonchev–Trinajstić information content (AvgIpc) is 2.45. The molecule has 1 aromatic heterocycles. The van der Waals surface area contributed by atoms with E-state index in [0.29, 0.717) is 17.1 Å². The van der Waals surface area contributed by atoms with Gasteiger partial charge in [-0.15, -0.1) is 0 Å². The summed E-state index contributed by atoms with van der Waals surface area (Å²) in [6, 6.07) is 3.68. The number of fused-ring (bicyclic) bond motifs is 1. The van der Waals surface area contributed by atoms with Gasteiger partial charge >= 0.3 is 5.97 Å². The fourth-order valence-corrected chi connectivity index (χ4v) is 2.41. The van der Waals surface area contributed by atoms with E-state index in [2.05, 4.69) is 18.8 Å². The fraction of sp³-hybridized carbons (Fsp3) is 0.375. The molecule has 0 aliphatic heterocycles. The highest BCUT2D eigenvalue weighted by Crippen LogP contribution is 2.36. The highest BCUT2D eigenvalue weighted by molar-refractivity contribution is 5.92. The fourth-order valence-electron chi connectivity index (χ4n) is 2.41. The highest BCUT2D eigenvalue weighted by atomic mass is 16.5. The van der Waals surface area contributed by atoms with Crippen molar-refractivity contribution in [3.63, 3.8) is 0 Å². The molecular weight excluding hydrogens is 270 g/mol. The van der Waals surface area contributed by atoms with E-state index in [4.69, 9.17) is 14.6 Å². The van der Waals surface area contributed by atoms with Gasteiger partial charge in [-0.3, -0.25) is 9.78 Å². The van der Waals surface area contributed by atoms with E-state index < -0.39 is 5.97 Å². The van der Waals surface area contributed by atoms with Gasteiger partial charge < -0.3 is 14.6 Å². The lowest BCUT2D eigenvalue weighted by atomic mass is 9.97. The van der Waals surface area contributed by atoms with Crippen LogP contribution in [0.3, 0.4) is 0 Å². The minimum Gasteiger partial charge on any atom is -0.493 e. The number of nitrogens with zero attached hydrogens (tertiary/aromatic N) is 1. The lowest BCUT2D eigenvalue weighted by Crippen LogP contribution is -2.04. The first-order chi connectivity index (χ1) is 9.97. The summed E-state index contributed by atoms with van der Waals surface area (Å²) in [5, 5.41) is 10.8. The maximum Gasteiger partial charge on any atom is 0.307 e. The second kappa shape index (κ2) is 5.99. The Kier molecular flexibility index (Phi) is 4.31. The van der Waals surface area contributed by atoms with Crippen LogP contribution in [0.1, 0.15) is 31.0 Å². The summed E-state index contributed by atoms with van der Waals surface area (Å²) in [6.45, 7) is 4.10. The Labute approximate surface area is 123 Å².